The topological polar surface area (TPSA) is 58.1 Å². The van der Waals surface area contributed by atoms with Crippen molar-refractivity contribution in [3.05, 3.63) is 29.3 Å². The first-order valence-electron chi connectivity index (χ1n) is 11.5. The van der Waals surface area contributed by atoms with Gasteiger partial charge in [-0.05, 0) is 58.5 Å². The molecule has 1 saturated heterocycles. The number of guanidine groups is 1. The smallest absolute Gasteiger partial charge is 0.191 e. The highest BCUT2D eigenvalue weighted by Gasteiger charge is 2.17. The van der Waals surface area contributed by atoms with E-state index in [-0.39, 0.29) is 24.0 Å². The van der Waals surface area contributed by atoms with E-state index in [4.69, 9.17) is 9.47 Å². The number of halogens is 1. The Morgan fingerprint density at radius 2 is 1.94 bits per heavy atom. The third kappa shape index (κ3) is 11.9. The van der Waals surface area contributed by atoms with Crippen molar-refractivity contribution in [2.45, 2.75) is 52.0 Å². The van der Waals surface area contributed by atoms with Crippen LogP contribution in [-0.4, -0.2) is 64.9 Å². The summed E-state index contributed by atoms with van der Waals surface area (Å²) in [6, 6.07) is 6.40. The number of rotatable bonds is 13. The van der Waals surface area contributed by atoms with Gasteiger partial charge in [-0.25, -0.2) is 0 Å². The molecular weight excluding hydrogens is 503 g/mol. The van der Waals surface area contributed by atoms with E-state index >= 15 is 0 Å². The molecule has 0 radical (unpaired) electrons. The van der Waals surface area contributed by atoms with Crippen LogP contribution in [0.25, 0.3) is 0 Å². The van der Waals surface area contributed by atoms with E-state index in [0.717, 1.165) is 50.1 Å². The number of hydrogen-bond acceptors (Lipinski definition) is 4. The van der Waals surface area contributed by atoms with Crippen LogP contribution in [0.3, 0.4) is 0 Å². The van der Waals surface area contributed by atoms with Gasteiger partial charge in [-0.1, -0.05) is 31.4 Å². The average Bonchev–Trinajstić information content (AvgIpc) is 3.25. The Labute approximate surface area is 206 Å². The highest BCUT2D eigenvalue weighted by molar-refractivity contribution is 14.0. The molecule has 2 rings (SSSR count). The fourth-order valence-electron chi connectivity index (χ4n) is 3.55. The third-order valence-corrected chi connectivity index (χ3v) is 5.47. The standard InChI is InChI=1S/C24H42N4O2.HI/c1-20-10-11-22(23(16-20)30-19-21-12-15-29-18-21)17-27-24(25-2)26-13-8-6-5-7-9-14-28(3)4;/h10-11,16,21H,5-9,12-15,17-19H2,1-4H3,(H2,25,26,27);1H. The summed E-state index contributed by atoms with van der Waals surface area (Å²) in [5.41, 5.74) is 2.37. The van der Waals surface area contributed by atoms with Gasteiger partial charge in [0, 0.05) is 38.2 Å². The van der Waals surface area contributed by atoms with Gasteiger partial charge in [0.2, 0.25) is 0 Å². The zero-order valence-electron chi connectivity index (χ0n) is 19.9. The first-order chi connectivity index (χ1) is 14.6. The van der Waals surface area contributed by atoms with E-state index in [0.29, 0.717) is 12.5 Å². The number of unbranched alkanes of at least 4 members (excludes halogenated alkanes) is 4. The number of nitrogens with zero attached hydrogens (tertiary/aromatic N) is 2. The van der Waals surface area contributed by atoms with Gasteiger partial charge < -0.3 is 25.0 Å². The van der Waals surface area contributed by atoms with Gasteiger partial charge in [-0.2, -0.15) is 0 Å². The molecule has 178 valence electrons. The lowest BCUT2D eigenvalue weighted by Crippen LogP contribution is -2.37. The summed E-state index contributed by atoms with van der Waals surface area (Å²) in [6.45, 7) is 7.32. The predicted molar refractivity (Wildman–Crippen MR) is 141 cm³/mol. The molecule has 0 amide bonds. The van der Waals surface area contributed by atoms with Crippen molar-refractivity contribution in [3.63, 3.8) is 0 Å². The van der Waals surface area contributed by atoms with E-state index in [2.05, 4.69) is 59.7 Å². The molecule has 1 unspecified atom stereocenters. The van der Waals surface area contributed by atoms with E-state index in [1.165, 1.54) is 44.2 Å². The Balaban J connectivity index is 0.00000480. The molecule has 0 spiro atoms. The highest BCUT2D eigenvalue weighted by atomic mass is 127. The van der Waals surface area contributed by atoms with Crippen molar-refractivity contribution >= 4 is 29.9 Å². The summed E-state index contributed by atoms with van der Waals surface area (Å²) in [5.74, 6) is 2.31. The summed E-state index contributed by atoms with van der Waals surface area (Å²) < 4.78 is 11.6. The first-order valence-corrected chi connectivity index (χ1v) is 11.5. The Kier molecular flexibility index (Phi) is 14.9. The second kappa shape index (κ2) is 16.6. The van der Waals surface area contributed by atoms with Crippen LogP contribution in [0.15, 0.2) is 23.2 Å². The predicted octanol–water partition coefficient (Wildman–Crippen LogP) is 4.21. The van der Waals surface area contributed by atoms with E-state index < -0.39 is 0 Å². The zero-order chi connectivity index (χ0) is 21.6. The fourth-order valence-corrected chi connectivity index (χ4v) is 3.55. The van der Waals surface area contributed by atoms with Crippen LogP contribution in [0.1, 0.15) is 49.7 Å². The second-order valence-corrected chi connectivity index (χ2v) is 8.58. The Morgan fingerprint density at radius 1 is 1.16 bits per heavy atom. The molecule has 31 heavy (non-hydrogen) atoms. The second-order valence-electron chi connectivity index (χ2n) is 8.58. The molecule has 2 N–H and O–H groups in total. The van der Waals surface area contributed by atoms with Crippen molar-refractivity contribution < 1.29 is 9.47 Å². The third-order valence-electron chi connectivity index (χ3n) is 5.47. The van der Waals surface area contributed by atoms with Gasteiger partial charge in [0.05, 0.1) is 13.2 Å². The van der Waals surface area contributed by atoms with Gasteiger partial charge in [-0.15, -0.1) is 24.0 Å². The number of aliphatic imine (C=N–C) groups is 1. The lowest BCUT2D eigenvalue weighted by molar-refractivity contribution is 0.166. The molecule has 1 fully saturated rings. The molecule has 7 heteroatoms. The largest absolute Gasteiger partial charge is 0.493 e. The Bertz CT molecular complexity index is 634. The van der Waals surface area contributed by atoms with Crippen LogP contribution >= 0.6 is 24.0 Å². The summed E-state index contributed by atoms with van der Waals surface area (Å²) in [4.78, 5) is 6.61. The van der Waals surface area contributed by atoms with Crippen molar-refractivity contribution in [3.8, 4) is 5.75 Å². The lowest BCUT2D eigenvalue weighted by atomic mass is 10.1. The van der Waals surface area contributed by atoms with Crippen LogP contribution < -0.4 is 15.4 Å². The molecule has 1 heterocycles. The van der Waals surface area contributed by atoms with Crippen LogP contribution in [0, 0.1) is 12.8 Å². The fraction of sp³-hybridized carbons (Fsp3) is 0.708. The molecule has 0 bridgehead atoms. The average molecular weight is 547 g/mol. The molecule has 1 atom stereocenters. The van der Waals surface area contributed by atoms with E-state index in [1.807, 2.05) is 7.05 Å². The minimum atomic E-state index is 0. The van der Waals surface area contributed by atoms with Crippen molar-refractivity contribution in [2.75, 3.05) is 54.1 Å². The maximum Gasteiger partial charge on any atom is 0.191 e. The molecular formula is C24H43IN4O2. The van der Waals surface area contributed by atoms with Crippen LogP contribution in [0.2, 0.25) is 0 Å². The molecule has 1 aliphatic heterocycles. The molecule has 6 nitrogen and oxygen atoms in total. The van der Waals surface area contributed by atoms with Gasteiger partial charge in [0.25, 0.3) is 0 Å². The van der Waals surface area contributed by atoms with Crippen LogP contribution in [-0.2, 0) is 11.3 Å². The van der Waals surface area contributed by atoms with Gasteiger partial charge >= 0.3 is 0 Å². The summed E-state index contributed by atoms with van der Waals surface area (Å²) >= 11 is 0. The number of aryl methyl sites for hydroxylation is 1. The quantitative estimate of drug-likeness (QED) is 0.168. The number of hydrogen-bond donors (Lipinski definition) is 2. The molecule has 1 aliphatic rings. The molecule has 0 aliphatic carbocycles. The molecule has 1 aromatic rings. The molecule has 0 saturated carbocycles. The molecule has 1 aromatic carbocycles. The minimum absolute atomic E-state index is 0. The number of ether oxygens (including phenoxy) is 2. The van der Waals surface area contributed by atoms with Crippen LogP contribution in [0.5, 0.6) is 5.75 Å². The summed E-state index contributed by atoms with van der Waals surface area (Å²) in [6.07, 6.45) is 7.43. The zero-order valence-corrected chi connectivity index (χ0v) is 22.2. The van der Waals surface area contributed by atoms with Crippen LogP contribution in [0.4, 0.5) is 0 Å². The SMILES string of the molecule is CN=C(NCCCCCCCN(C)C)NCc1ccc(C)cc1OCC1CCOC1.I. The minimum Gasteiger partial charge on any atom is -0.493 e. The number of benzene rings is 1. The van der Waals surface area contributed by atoms with E-state index in [1.54, 1.807) is 0 Å². The van der Waals surface area contributed by atoms with Crippen molar-refractivity contribution in [1.82, 2.24) is 15.5 Å². The monoisotopic (exact) mass is 546 g/mol. The maximum atomic E-state index is 6.14. The van der Waals surface area contributed by atoms with Gasteiger partial charge in [0.15, 0.2) is 5.96 Å². The highest BCUT2D eigenvalue weighted by Crippen LogP contribution is 2.22. The summed E-state index contributed by atoms with van der Waals surface area (Å²) in [5, 5.41) is 6.86. The Morgan fingerprint density at radius 3 is 2.65 bits per heavy atom. The normalized spacial score (nSPS) is 16.3. The van der Waals surface area contributed by atoms with Crippen molar-refractivity contribution in [2.24, 2.45) is 10.9 Å². The lowest BCUT2D eigenvalue weighted by Gasteiger charge is -2.17. The Hall–Kier alpha value is -1.06. The van der Waals surface area contributed by atoms with Gasteiger partial charge in [0.1, 0.15) is 5.75 Å². The summed E-state index contributed by atoms with van der Waals surface area (Å²) in [7, 11) is 6.10. The number of nitrogens with one attached hydrogen (secondary N) is 2. The van der Waals surface area contributed by atoms with Crippen molar-refractivity contribution in [1.29, 1.82) is 0 Å². The maximum absolute atomic E-state index is 6.14. The van der Waals surface area contributed by atoms with E-state index in [9.17, 15) is 0 Å². The first kappa shape index (κ1) is 28.0. The molecule has 0 aromatic heterocycles. The van der Waals surface area contributed by atoms with Gasteiger partial charge in [-0.3, -0.25) is 4.99 Å².